The van der Waals surface area contributed by atoms with Crippen molar-refractivity contribution in [2.45, 2.75) is 19.8 Å². The average Bonchev–Trinajstić information content (AvgIpc) is 3.07. The number of benzene rings is 1. The van der Waals surface area contributed by atoms with Crippen LogP contribution in [-0.2, 0) is 4.79 Å². The number of furan rings is 1. The normalized spacial score (nSPS) is 16.9. The van der Waals surface area contributed by atoms with Gasteiger partial charge in [0.1, 0.15) is 11.5 Å². The molecule has 1 aromatic carbocycles. The molecule has 0 saturated heterocycles. The smallest absolute Gasteiger partial charge is 0.254 e. The maximum absolute atomic E-state index is 13.0. The third kappa shape index (κ3) is 3.39. The van der Waals surface area contributed by atoms with Crippen LogP contribution in [0.4, 0.5) is 5.69 Å². The highest BCUT2D eigenvalue weighted by atomic mass is 32.2. The highest BCUT2D eigenvalue weighted by Gasteiger charge is 2.36. The molecule has 0 unspecified atom stereocenters. The van der Waals surface area contributed by atoms with Crippen molar-refractivity contribution in [3.05, 3.63) is 75.9 Å². The number of nitriles is 1. The zero-order valence-corrected chi connectivity index (χ0v) is 15.6. The molecule has 2 aromatic rings. The van der Waals surface area contributed by atoms with Crippen molar-refractivity contribution < 1.29 is 9.21 Å². The lowest BCUT2D eigenvalue weighted by Crippen LogP contribution is -2.30. The highest BCUT2D eigenvalue weighted by molar-refractivity contribution is 8.02. The first kappa shape index (κ1) is 17.9. The largest absolute Gasteiger partial charge is 0.465 e. The van der Waals surface area contributed by atoms with E-state index in [4.69, 9.17) is 4.42 Å². The molecule has 0 aliphatic carbocycles. The summed E-state index contributed by atoms with van der Waals surface area (Å²) in [6, 6.07) is 15.2. The molecule has 5 nitrogen and oxygen atoms in total. The van der Waals surface area contributed by atoms with E-state index in [1.807, 2.05) is 62.6 Å². The summed E-state index contributed by atoms with van der Waals surface area (Å²) in [6.07, 6.45) is 1.90. The van der Waals surface area contributed by atoms with Gasteiger partial charge in [0.05, 0.1) is 28.2 Å². The van der Waals surface area contributed by atoms with Gasteiger partial charge in [-0.05, 0) is 44.4 Å². The van der Waals surface area contributed by atoms with Gasteiger partial charge in [0.2, 0.25) is 0 Å². The van der Waals surface area contributed by atoms with Crippen LogP contribution in [0.5, 0.6) is 0 Å². The molecule has 2 heterocycles. The van der Waals surface area contributed by atoms with Crippen LogP contribution < -0.4 is 10.6 Å². The van der Waals surface area contributed by atoms with Crippen molar-refractivity contribution in [3.8, 4) is 6.07 Å². The van der Waals surface area contributed by atoms with Gasteiger partial charge < -0.3 is 15.1 Å². The van der Waals surface area contributed by atoms with E-state index in [0.29, 0.717) is 28.3 Å². The van der Waals surface area contributed by atoms with Gasteiger partial charge >= 0.3 is 0 Å². The van der Waals surface area contributed by atoms with Crippen LogP contribution in [0.3, 0.4) is 0 Å². The quantitative estimate of drug-likeness (QED) is 0.845. The summed E-state index contributed by atoms with van der Waals surface area (Å²) in [7, 11) is 0. The molecule has 0 saturated carbocycles. The predicted octanol–water partition coefficient (Wildman–Crippen LogP) is 4.29. The highest BCUT2D eigenvalue weighted by Crippen LogP contribution is 2.40. The van der Waals surface area contributed by atoms with E-state index in [0.717, 1.165) is 10.8 Å². The SMILES string of the molecule is CSC1=C(C#N)[C@H](c2ccc(C)o2)C(C(=O)Nc2ccccc2)=C(C)N1. The second kappa shape index (κ2) is 7.54. The molecule has 1 aliphatic rings. The monoisotopic (exact) mass is 365 g/mol. The summed E-state index contributed by atoms with van der Waals surface area (Å²) in [5.41, 5.74) is 2.37. The number of para-hydroxylation sites is 1. The number of nitrogens with one attached hydrogen (secondary N) is 2. The van der Waals surface area contributed by atoms with Gasteiger partial charge in [-0.1, -0.05) is 18.2 Å². The maximum atomic E-state index is 13.0. The standard InChI is InChI=1S/C20H19N3O2S/c1-12-9-10-16(25-12)18-15(11-21)20(26-3)22-13(2)17(18)19(24)23-14-7-5-4-6-8-14/h4-10,18,22H,1-3H3,(H,23,24)/t18-/m1/s1. The molecule has 3 rings (SSSR count). The summed E-state index contributed by atoms with van der Waals surface area (Å²) < 4.78 is 5.79. The Labute approximate surface area is 156 Å². The summed E-state index contributed by atoms with van der Waals surface area (Å²) in [5.74, 6) is 0.529. The van der Waals surface area contributed by atoms with Crippen molar-refractivity contribution in [2.75, 3.05) is 11.6 Å². The number of thioether (sulfide) groups is 1. The molecule has 0 radical (unpaired) electrons. The van der Waals surface area contributed by atoms with Crippen LogP contribution >= 0.6 is 11.8 Å². The van der Waals surface area contributed by atoms with Gasteiger partial charge in [-0.3, -0.25) is 4.79 Å². The van der Waals surface area contributed by atoms with Gasteiger partial charge in [0.15, 0.2) is 0 Å². The van der Waals surface area contributed by atoms with E-state index in [-0.39, 0.29) is 5.91 Å². The van der Waals surface area contributed by atoms with Gasteiger partial charge in [-0.15, -0.1) is 11.8 Å². The van der Waals surface area contributed by atoms with Crippen molar-refractivity contribution in [1.29, 1.82) is 5.26 Å². The molecule has 132 valence electrons. The minimum atomic E-state index is -0.541. The molecule has 0 spiro atoms. The van der Waals surface area contributed by atoms with E-state index in [2.05, 4.69) is 16.7 Å². The third-order valence-corrected chi connectivity index (χ3v) is 4.90. The first-order valence-corrected chi connectivity index (χ1v) is 9.36. The molecule has 26 heavy (non-hydrogen) atoms. The molecule has 2 N–H and O–H groups in total. The Hall–Kier alpha value is -2.91. The van der Waals surface area contributed by atoms with Crippen LogP contribution in [0.1, 0.15) is 24.4 Å². The maximum Gasteiger partial charge on any atom is 0.254 e. The Balaban J connectivity index is 2.06. The summed E-state index contributed by atoms with van der Waals surface area (Å²) in [4.78, 5) is 13.0. The topological polar surface area (TPSA) is 78.1 Å². The van der Waals surface area contributed by atoms with Crippen LogP contribution in [0.25, 0.3) is 0 Å². The summed E-state index contributed by atoms with van der Waals surface area (Å²) >= 11 is 1.44. The molecule has 0 fully saturated rings. The number of allylic oxidation sites excluding steroid dienone is 2. The van der Waals surface area contributed by atoms with Crippen molar-refractivity contribution in [1.82, 2.24) is 5.32 Å². The Kier molecular flexibility index (Phi) is 5.19. The Morgan fingerprint density at radius 1 is 1.23 bits per heavy atom. The Morgan fingerprint density at radius 2 is 1.96 bits per heavy atom. The zero-order valence-electron chi connectivity index (χ0n) is 14.8. The van der Waals surface area contributed by atoms with Gasteiger partial charge in [0.25, 0.3) is 5.91 Å². The van der Waals surface area contributed by atoms with Crippen LogP contribution in [0.15, 0.2) is 68.8 Å². The fraction of sp³-hybridized carbons (Fsp3) is 0.200. The number of carbonyl (C=O) groups is 1. The molecule has 1 aliphatic heterocycles. The number of hydrogen-bond acceptors (Lipinski definition) is 5. The second-order valence-electron chi connectivity index (χ2n) is 5.92. The minimum Gasteiger partial charge on any atom is -0.465 e. The van der Waals surface area contributed by atoms with Gasteiger partial charge in [0, 0.05) is 11.4 Å². The van der Waals surface area contributed by atoms with Crippen molar-refractivity contribution >= 4 is 23.4 Å². The van der Waals surface area contributed by atoms with E-state index in [1.54, 1.807) is 0 Å². The lowest BCUT2D eigenvalue weighted by molar-refractivity contribution is -0.113. The lowest BCUT2D eigenvalue weighted by atomic mass is 9.85. The van der Waals surface area contributed by atoms with E-state index >= 15 is 0 Å². The van der Waals surface area contributed by atoms with E-state index in [9.17, 15) is 10.1 Å². The number of anilines is 1. The Bertz CT molecular complexity index is 935. The van der Waals surface area contributed by atoms with Crippen LogP contribution in [0.2, 0.25) is 0 Å². The van der Waals surface area contributed by atoms with Crippen molar-refractivity contribution in [3.63, 3.8) is 0 Å². The van der Waals surface area contributed by atoms with Crippen LogP contribution in [0, 0.1) is 18.3 Å². The fourth-order valence-corrected chi connectivity index (χ4v) is 3.63. The number of nitrogens with zero attached hydrogens (tertiary/aromatic N) is 1. The summed E-state index contributed by atoms with van der Waals surface area (Å²) in [6.45, 7) is 3.68. The lowest BCUT2D eigenvalue weighted by Gasteiger charge is -2.28. The third-order valence-electron chi connectivity index (χ3n) is 4.17. The molecule has 1 atom stereocenters. The van der Waals surface area contributed by atoms with Crippen LogP contribution in [-0.4, -0.2) is 12.2 Å². The fourth-order valence-electron chi connectivity index (χ4n) is 2.99. The van der Waals surface area contributed by atoms with E-state index in [1.165, 1.54) is 11.8 Å². The molecular formula is C20H19N3O2S. The number of hydrogen-bond donors (Lipinski definition) is 2. The van der Waals surface area contributed by atoms with E-state index < -0.39 is 5.92 Å². The second-order valence-corrected chi connectivity index (χ2v) is 6.74. The minimum absolute atomic E-state index is 0.256. The summed E-state index contributed by atoms with van der Waals surface area (Å²) in [5, 5.41) is 16.6. The molecular weight excluding hydrogens is 346 g/mol. The molecule has 1 amide bonds. The number of aryl methyl sites for hydroxylation is 1. The van der Waals surface area contributed by atoms with Crippen molar-refractivity contribution in [2.24, 2.45) is 0 Å². The Morgan fingerprint density at radius 3 is 2.54 bits per heavy atom. The van der Waals surface area contributed by atoms with Gasteiger partial charge in [-0.25, -0.2) is 0 Å². The predicted molar refractivity (Wildman–Crippen MR) is 103 cm³/mol. The molecule has 0 bridgehead atoms. The first-order chi connectivity index (χ1) is 12.5. The number of carbonyl (C=O) groups excluding carboxylic acids is 1. The molecule has 6 heteroatoms. The number of dihydropyridines is 1. The zero-order chi connectivity index (χ0) is 18.7. The van der Waals surface area contributed by atoms with Gasteiger partial charge in [-0.2, -0.15) is 5.26 Å². The number of amides is 1. The number of rotatable bonds is 4. The molecule has 1 aromatic heterocycles. The first-order valence-electron chi connectivity index (χ1n) is 8.14. The average molecular weight is 365 g/mol.